The van der Waals surface area contributed by atoms with E-state index in [0.717, 1.165) is 32.4 Å². The Labute approximate surface area is 128 Å². The van der Waals surface area contributed by atoms with Crippen molar-refractivity contribution < 1.29 is 8.42 Å². The zero-order valence-electron chi connectivity index (χ0n) is 12.7. The fourth-order valence-corrected chi connectivity index (χ4v) is 3.74. The van der Waals surface area contributed by atoms with E-state index in [4.69, 9.17) is 5.73 Å². The van der Waals surface area contributed by atoms with Crippen LogP contribution < -0.4 is 5.73 Å². The molecule has 0 aromatic heterocycles. The zero-order valence-corrected chi connectivity index (χ0v) is 13.5. The van der Waals surface area contributed by atoms with Gasteiger partial charge < -0.3 is 5.73 Å². The summed E-state index contributed by atoms with van der Waals surface area (Å²) < 4.78 is 23.1. The lowest BCUT2D eigenvalue weighted by Crippen LogP contribution is -2.48. The minimum absolute atomic E-state index is 0.153. The highest BCUT2D eigenvalue weighted by Gasteiger charge is 2.31. The Hall–Kier alpha value is -0.910. The molecule has 0 aliphatic carbocycles. The summed E-state index contributed by atoms with van der Waals surface area (Å²) in [6, 6.07) is 10.5. The molecule has 1 heterocycles. The van der Waals surface area contributed by atoms with Crippen LogP contribution >= 0.6 is 0 Å². The first-order valence-corrected chi connectivity index (χ1v) is 9.44. The number of aryl methyl sites for hydroxylation is 1. The van der Waals surface area contributed by atoms with Crippen LogP contribution in [0.5, 0.6) is 0 Å². The van der Waals surface area contributed by atoms with Crippen molar-refractivity contribution >= 4 is 9.84 Å². The van der Waals surface area contributed by atoms with Gasteiger partial charge in [0, 0.05) is 12.8 Å². The minimum Gasteiger partial charge on any atom is -0.316 e. The van der Waals surface area contributed by atoms with Crippen molar-refractivity contribution in [2.24, 2.45) is 5.73 Å². The van der Waals surface area contributed by atoms with Crippen LogP contribution in [0.2, 0.25) is 0 Å². The van der Waals surface area contributed by atoms with Crippen molar-refractivity contribution in [3.05, 3.63) is 41.1 Å². The van der Waals surface area contributed by atoms with Gasteiger partial charge in [-0.2, -0.15) is 0 Å². The van der Waals surface area contributed by atoms with E-state index in [2.05, 4.69) is 29.2 Å². The fraction of sp³-hybridized carbons (Fsp3) is 0.562. The molecule has 4 nitrogen and oxygen atoms in total. The summed E-state index contributed by atoms with van der Waals surface area (Å²) in [5, 5.41) is 0.607. The maximum absolute atomic E-state index is 11.5. The van der Waals surface area contributed by atoms with Gasteiger partial charge in [-0.15, -0.1) is 0 Å². The highest BCUT2D eigenvalue weighted by molar-refractivity contribution is 7.93. The summed E-state index contributed by atoms with van der Waals surface area (Å²) in [6.45, 7) is 1.71. The molecule has 1 atom stereocenters. The molecule has 5 heteroatoms. The molecule has 1 unspecified atom stereocenters. The van der Waals surface area contributed by atoms with Crippen LogP contribution in [0.1, 0.15) is 31.2 Å². The molecule has 0 spiro atoms. The Bertz CT molecular complexity index is 530. The molecule has 1 aromatic rings. The van der Waals surface area contributed by atoms with Gasteiger partial charge in [-0.05, 0) is 44.2 Å². The third kappa shape index (κ3) is 5.09. The van der Waals surface area contributed by atoms with Gasteiger partial charge in [-0.25, -0.2) is 8.42 Å². The summed E-state index contributed by atoms with van der Waals surface area (Å²) in [5.74, 6) is 0. The lowest BCUT2D eigenvalue weighted by Gasteiger charge is -2.36. The monoisotopic (exact) mass is 309 g/mol. The first-order valence-electron chi connectivity index (χ1n) is 7.55. The SMILES string of the molecule is CS(=O)(=O)[C]1CCN(CCCCc2ccccc2)C(N)C1. The van der Waals surface area contributed by atoms with Gasteiger partial charge in [0.25, 0.3) is 0 Å². The van der Waals surface area contributed by atoms with Crippen molar-refractivity contribution in [1.82, 2.24) is 4.90 Å². The quantitative estimate of drug-likeness (QED) is 0.816. The summed E-state index contributed by atoms with van der Waals surface area (Å²) in [7, 11) is -3.03. The molecule has 0 amide bonds. The number of sulfone groups is 1. The number of benzene rings is 1. The molecule has 1 radical (unpaired) electrons. The Morgan fingerprint density at radius 3 is 2.57 bits per heavy atom. The maximum atomic E-state index is 11.5. The molecule has 1 fully saturated rings. The summed E-state index contributed by atoms with van der Waals surface area (Å²) >= 11 is 0. The molecule has 0 bridgehead atoms. The Morgan fingerprint density at radius 2 is 1.95 bits per heavy atom. The van der Waals surface area contributed by atoms with Crippen molar-refractivity contribution in [2.75, 3.05) is 19.3 Å². The van der Waals surface area contributed by atoms with Gasteiger partial charge >= 0.3 is 0 Å². The maximum Gasteiger partial charge on any atom is 0.154 e. The Morgan fingerprint density at radius 1 is 1.24 bits per heavy atom. The highest BCUT2D eigenvalue weighted by Crippen LogP contribution is 2.26. The molecule has 2 N–H and O–H groups in total. The molecule has 1 aliphatic rings. The largest absolute Gasteiger partial charge is 0.316 e. The number of nitrogens with two attached hydrogens (primary N) is 1. The lowest BCUT2D eigenvalue weighted by molar-refractivity contribution is 0.168. The van der Waals surface area contributed by atoms with Gasteiger partial charge in [-0.1, -0.05) is 30.3 Å². The number of hydrogen-bond acceptors (Lipinski definition) is 4. The smallest absolute Gasteiger partial charge is 0.154 e. The zero-order chi connectivity index (χ0) is 15.3. The van der Waals surface area contributed by atoms with E-state index < -0.39 is 9.84 Å². The van der Waals surface area contributed by atoms with E-state index in [-0.39, 0.29) is 6.17 Å². The van der Waals surface area contributed by atoms with E-state index in [9.17, 15) is 8.42 Å². The van der Waals surface area contributed by atoms with Gasteiger partial charge in [-0.3, -0.25) is 4.90 Å². The molecule has 21 heavy (non-hydrogen) atoms. The van der Waals surface area contributed by atoms with Crippen LogP contribution in [0, 0.1) is 5.25 Å². The van der Waals surface area contributed by atoms with Gasteiger partial charge in [0.1, 0.15) is 0 Å². The third-order valence-corrected chi connectivity index (χ3v) is 5.53. The molecular weight excluding hydrogens is 284 g/mol. The summed E-state index contributed by atoms with van der Waals surface area (Å²) in [5.41, 5.74) is 7.47. The number of likely N-dealkylation sites (tertiary alicyclic amines) is 1. The van der Waals surface area contributed by atoms with E-state index in [1.165, 1.54) is 11.8 Å². The van der Waals surface area contributed by atoms with Crippen LogP contribution in [-0.4, -0.2) is 38.8 Å². The first kappa shape index (κ1) is 16.5. The molecule has 1 aliphatic heterocycles. The van der Waals surface area contributed by atoms with E-state index >= 15 is 0 Å². The van der Waals surface area contributed by atoms with E-state index in [1.54, 1.807) is 0 Å². The molecule has 117 valence electrons. The summed E-state index contributed by atoms with van der Waals surface area (Å²) in [6.07, 6.45) is 5.56. The van der Waals surface area contributed by atoms with E-state index in [1.807, 2.05) is 6.07 Å². The molecule has 1 aromatic carbocycles. The first-order chi connectivity index (χ1) is 9.97. The second-order valence-corrected chi connectivity index (χ2v) is 7.93. The number of unbranched alkanes of at least 4 members (excludes halogenated alkanes) is 1. The van der Waals surface area contributed by atoms with Crippen LogP contribution in [0.15, 0.2) is 30.3 Å². The summed E-state index contributed by atoms with van der Waals surface area (Å²) in [4.78, 5) is 2.21. The normalized spacial score (nSPS) is 21.5. The van der Waals surface area contributed by atoms with Crippen molar-refractivity contribution in [3.63, 3.8) is 0 Å². The molecule has 0 saturated carbocycles. The average Bonchev–Trinajstić information content (AvgIpc) is 2.45. The second kappa shape index (κ2) is 7.38. The molecule has 1 saturated heterocycles. The number of rotatable bonds is 6. The third-order valence-electron chi connectivity index (χ3n) is 4.11. The number of hydrogen-bond donors (Lipinski definition) is 1. The van der Waals surface area contributed by atoms with E-state index in [0.29, 0.717) is 18.1 Å². The lowest BCUT2D eigenvalue weighted by atomic mass is 10.1. The number of piperidine rings is 1. The average molecular weight is 309 g/mol. The Balaban J connectivity index is 1.70. The van der Waals surface area contributed by atoms with Crippen LogP contribution in [0.3, 0.4) is 0 Å². The van der Waals surface area contributed by atoms with Crippen molar-refractivity contribution in [1.29, 1.82) is 0 Å². The molecular formula is C16H25N2O2S. The van der Waals surface area contributed by atoms with Crippen LogP contribution in [-0.2, 0) is 16.3 Å². The van der Waals surface area contributed by atoms with Gasteiger partial charge in [0.05, 0.1) is 11.4 Å². The van der Waals surface area contributed by atoms with Crippen molar-refractivity contribution in [3.8, 4) is 0 Å². The van der Waals surface area contributed by atoms with Crippen LogP contribution in [0.25, 0.3) is 0 Å². The van der Waals surface area contributed by atoms with Gasteiger partial charge in [0.2, 0.25) is 0 Å². The van der Waals surface area contributed by atoms with Gasteiger partial charge in [0.15, 0.2) is 9.84 Å². The van der Waals surface area contributed by atoms with Crippen LogP contribution in [0.4, 0.5) is 0 Å². The second-order valence-electron chi connectivity index (χ2n) is 5.81. The fourth-order valence-electron chi connectivity index (χ4n) is 2.80. The minimum atomic E-state index is -3.03. The number of nitrogens with zero attached hydrogens (tertiary/aromatic N) is 1. The predicted octanol–water partition coefficient (Wildman–Crippen LogP) is 1.97. The standard InChI is InChI=1S/C16H25N2O2S/c1-21(19,20)15-10-12-18(16(17)13-15)11-6-5-9-14-7-3-2-4-8-14/h2-4,7-8,16H,5-6,9-13,17H2,1H3. The topological polar surface area (TPSA) is 63.4 Å². The predicted molar refractivity (Wildman–Crippen MR) is 86.2 cm³/mol. The van der Waals surface area contributed by atoms with Crippen molar-refractivity contribution in [2.45, 2.75) is 38.3 Å². The molecule has 2 rings (SSSR count). The highest BCUT2D eigenvalue weighted by atomic mass is 32.2. The Kier molecular flexibility index (Phi) is 5.79.